The van der Waals surface area contributed by atoms with Crippen LogP contribution in [0.3, 0.4) is 0 Å². The summed E-state index contributed by atoms with van der Waals surface area (Å²) in [5.41, 5.74) is 8.36. The summed E-state index contributed by atoms with van der Waals surface area (Å²) in [5, 5.41) is 5.13. The van der Waals surface area contributed by atoms with Gasteiger partial charge in [-0.05, 0) is 61.5 Å². The molecule has 4 N–H and O–H groups in total. The number of hydrazine groups is 1. The molecule has 0 fully saturated rings. The van der Waals surface area contributed by atoms with E-state index in [-0.39, 0.29) is 23.9 Å². The molecule has 0 spiro atoms. The lowest BCUT2D eigenvalue weighted by molar-refractivity contribution is -0.124. The van der Waals surface area contributed by atoms with Gasteiger partial charge in [-0.3, -0.25) is 30.6 Å². The largest absolute Gasteiger partial charge is 0.497 e. The summed E-state index contributed by atoms with van der Waals surface area (Å²) < 4.78 is 5.07. The summed E-state index contributed by atoms with van der Waals surface area (Å²) in [7, 11) is 1.58. The van der Waals surface area contributed by atoms with Crippen molar-refractivity contribution in [3.05, 3.63) is 65.2 Å². The number of ether oxygens (including phenoxy) is 1. The molecule has 168 valence electrons. The zero-order valence-corrected chi connectivity index (χ0v) is 19.0. The molecule has 0 aliphatic carbocycles. The first kappa shape index (κ1) is 24.5. The van der Waals surface area contributed by atoms with E-state index >= 15 is 0 Å². The fourth-order valence-corrected chi connectivity index (χ4v) is 2.81. The molecule has 0 bridgehead atoms. The monoisotopic (exact) mass is 454 g/mol. The first-order valence-electron chi connectivity index (χ1n) is 9.86. The van der Waals surface area contributed by atoms with Crippen LogP contribution in [0.4, 0.5) is 5.69 Å². The number of hydrogen-bond donors (Lipinski definition) is 4. The molecular formula is C23H26N4O4S. The first-order chi connectivity index (χ1) is 15.3. The molecule has 0 saturated carbocycles. The van der Waals surface area contributed by atoms with E-state index in [1.165, 1.54) is 6.08 Å². The minimum absolute atomic E-state index is 0.00451. The molecule has 2 rings (SSSR count). The average Bonchev–Trinajstić information content (AvgIpc) is 2.77. The van der Waals surface area contributed by atoms with Gasteiger partial charge in [0.05, 0.1) is 7.11 Å². The van der Waals surface area contributed by atoms with Gasteiger partial charge in [-0.25, -0.2) is 0 Å². The quantitative estimate of drug-likeness (QED) is 0.291. The van der Waals surface area contributed by atoms with Gasteiger partial charge in [0.2, 0.25) is 17.7 Å². The van der Waals surface area contributed by atoms with Crippen molar-refractivity contribution < 1.29 is 19.1 Å². The maximum atomic E-state index is 12.1. The molecule has 8 nitrogen and oxygen atoms in total. The van der Waals surface area contributed by atoms with E-state index < -0.39 is 11.8 Å². The number of methoxy groups -OCH3 is 1. The molecule has 0 unspecified atom stereocenters. The molecule has 3 amide bonds. The summed E-state index contributed by atoms with van der Waals surface area (Å²) in [6.45, 7) is 3.88. The van der Waals surface area contributed by atoms with Crippen molar-refractivity contribution in [2.24, 2.45) is 0 Å². The highest BCUT2D eigenvalue weighted by atomic mass is 32.1. The second-order valence-electron chi connectivity index (χ2n) is 6.96. The number of thiocarbonyl (C=S) groups is 1. The molecule has 0 atom stereocenters. The van der Waals surface area contributed by atoms with Crippen molar-refractivity contribution in [3.8, 4) is 5.75 Å². The second-order valence-corrected chi connectivity index (χ2v) is 7.37. The van der Waals surface area contributed by atoms with Crippen molar-refractivity contribution in [2.75, 3.05) is 12.4 Å². The Labute approximate surface area is 192 Å². The first-order valence-corrected chi connectivity index (χ1v) is 10.3. The Morgan fingerprint density at radius 1 is 0.969 bits per heavy atom. The van der Waals surface area contributed by atoms with Crippen LogP contribution in [0.15, 0.2) is 48.5 Å². The maximum absolute atomic E-state index is 12.1. The van der Waals surface area contributed by atoms with Gasteiger partial charge in [0, 0.05) is 24.6 Å². The Morgan fingerprint density at radius 2 is 1.66 bits per heavy atom. The molecular weight excluding hydrogens is 428 g/mol. The van der Waals surface area contributed by atoms with E-state index in [0.29, 0.717) is 5.69 Å². The third-order valence-corrected chi connectivity index (χ3v) is 4.53. The Hall–Kier alpha value is -3.72. The summed E-state index contributed by atoms with van der Waals surface area (Å²) in [5.74, 6) is -0.450. The van der Waals surface area contributed by atoms with Crippen LogP contribution in [0.1, 0.15) is 29.5 Å². The number of rotatable bonds is 7. The molecule has 0 aromatic heterocycles. The molecule has 0 saturated heterocycles. The van der Waals surface area contributed by atoms with Crippen molar-refractivity contribution in [1.82, 2.24) is 16.2 Å². The molecule has 2 aromatic rings. The minimum Gasteiger partial charge on any atom is -0.497 e. The maximum Gasteiger partial charge on any atom is 0.250 e. The predicted octanol–water partition coefficient (Wildman–Crippen LogP) is 2.77. The van der Waals surface area contributed by atoms with Crippen molar-refractivity contribution in [3.63, 3.8) is 0 Å². The summed E-state index contributed by atoms with van der Waals surface area (Å²) in [6.07, 6.45) is 2.89. The third-order valence-electron chi connectivity index (χ3n) is 4.33. The Kier molecular flexibility index (Phi) is 9.37. The van der Waals surface area contributed by atoms with Gasteiger partial charge < -0.3 is 10.1 Å². The summed E-state index contributed by atoms with van der Waals surface area (Å²) in [4.78, 5) is 35.9. The van der Waals surface area contributed by atoms with Crippen LogP contribution in [0.25, 0.3) is 6.08 Å². The number of anilines is 1. The van der Waals surface area contributed by atoms with Crippen LogP contribution in [0.2, 0.25) is 0 Å². The third kappa shape index (κ3) is 8.57. The Morgan fingerprint density at radius 3 is 2.31 bits per heavy atom. The number of nitrogens with one attached hydrogen (secondary N) is 4. The van der Waals surface area contributed by atoms with Gasteiger partial charge in [-0.2, -0.15) is 0 Å². The molecule has 0 aliphatic heterocycles. The highest BCUT2D eigenvalue weighted by Crippen LogP contribution is 2.16. The number of carbonyl (C=O) groups excluding carboxylic acids is 3. The van der Waals surface area contributed by atoms with Gasteiger partial charge in [0.15, 0.2) is 5.11 Å². The standard InChI is InChI=1S/C23H26N4O4S/c1-15-4-10-19(16(2)14-15)24-20(28)12-13-22(30)26-27-23(32)25-21(29)11-7-17-5-8-18(31-3)9-6-17/h4-11,14H,12-13H2,1-3H3,(H,24,28)(H,26,30)(H2,25,27,29,32)/b11-7+. The highest BCUT2D eigenvalue weighted by Gasteiger charge is 2.09. The van der Waals surface area contributed by atoms with Crippen LogP contribution in [0, 0.1) is 13.8 Å². The second kappa shape index (κ2) is 12.2. The zero-order valence-electron chi connectivity index (χ0n) is 18.2. The van der Waals surface area contributed by atoms with E-state index in [2.05, 4.69) is 21.5 Å². The number of amides is 3. The van der Waals surface area contributed by atoms with Crippen LogP contribution in [-0.4, -0.2) is 29.9 Å². The van der Waals surface area contributed by atoms with E-state index in [0.717, 1.165) is 22.4 Å². The number of hydrogen-bond acceptors (Lipinski definition) is 5. The fraction of sp³-hybridized carbons (Fsp3) is 0.217. The average molecular weight is 455 g/mol. The van der Waals surface area contributed by atoms with E-state index in [1.54, 1.807) is 37.5 Å². The smallest absolute Gasteiger partial charge is 0.250 e. The number of benzene rings is 2. The van der Waals surface area contributed by atoms with Gasteiger partial charge in [-0.15, -0.1) is 0 Å². The van der Waals surface area contributed by atoms with Gasteiger partial charge in [0.1, 0.15) is 5.75 Å². The normalized spacial score (nSPS) is 10.3. The lowest BCUT2D eigenvalue weighted by Crippen LogP contribution is -2.48. The fourth-order valence-electron chi connectivity index (χ4n) is 2.65. The van der Waals surface area contributed by atoms with Crippen LogP contribution >= 0.6 is 12.2 Å². The van der Waals surface area contributed by atoms with Crippen LogP contribution in [-0.2, 0) is 14.4 Å². The molecule has 0 aliphatic rings. The summed E-state index contributed by atoms with van der Waals surface area (Å²) >= 11 is 4.97. The zero-order chi connectivity index (χ0) is 23.5. The molecule has 9 heteroatoms. The summed E-state index contributed by atoms with van der Waals surface area (Å²) in [6, 6.07) is 12.9. The molecule has 2 aromatic carbocycles. The Bertz CT molecular complexity index is 1020. The van der Waals surface area contributed by atoms with E-state index in [4.69, 9.17) is 17.0 Å². The molecule has 32 heavy (non-hydrogen) atoms. The number of aryl methyl sites for hydroxylation is 2. The van der Waals surface area contributed by atoms with E-state index in [9.17, 15) is 14.4 Å². The van der Waals surface area contributed by atoms with Crippen molar-refractivity contribution in [1.29, 1.82) is 0 Å². The van der Waals surface area contributed by atoms with Crippen molar-refractivity contribution in [2.45, 2.75) is 26.7 Å². The van der Waals surface area contributed by atoms with Crippen molar-refractivity contribution >= 4 is 46.8 Å². The lowest BCUT2D eigenvalue weighted by Gasteiger charge is -2.11. The highest BCUT2D eigenvalue weighted by molar-refractivity contribution is 7.80. The van der Waals surface area contributed by atoms with Gasteiger partial charge in [0.25, 0.3) is 0 Å². The SMILES string of the molecule is COc1ccc(/C=C/C(=O)NC(=S)NNC(=O)CCC(=O)Nc2ccc(C)cc2C)cc1. The van der Waals surface area contributed by atoms with Crippen LogP contribution in [0.5, 0.6) is 5.75 Å². The predicted molar refractivity (Wildman–Crippen MR) is 128 cm³/mol. The van der Waals surface area contributed by atoms with Gasteiger partial charge in [-0.1, -0.05) is 29.8 Å². The molecule has 0 heterocycles. The topological polar surface area (TPSA) is 109 Å². The number of carbonyl (C=O) groups is 3. The van der Waals surface area contributed by atoms with Crippen LogP contribution < -0.4 is 26.2 Å². The Balaban J connectivity index is 1.68. The molecule has 0 radical (unpaired) electrons. The lowest BCUT2D eigenvalue weighted by atomic mass is 10.1. The van der Waals surface area contributed by atoms with E-state index in [1.807, 2.05) is 32.0 Å². The van der Waals surface area contributed by atoms with Gasteiger partial charge >= 0.3 is 0 Å². The minimum atomic E-state index is -0.458.